The Kier molecular flexibility index (Phi) is 13.4. The topological polar surface area (TPSA) is 208 Å². The summed E-state index contributed by atoms with van der Waals surface area (Å²) >= 11 is 8.02. The third kappa shape index (κ3) is 8.63. The third-order valence-electron chi connectivity index (χ3n) is 8.04. The van der Waals surface area contributed by atoms with Crippen molar-refractivity contribution >= 4 is 85.3 Å². The Morgan fingerprint density at radius 3 is 1.60 bits per heavy atom. The van der Waals surface area contributed by atoms with Gasteiger partial charge in [0.05, 0.1) is 20.3 Å². The molecule has 2 aliphatic rings. The lowest BCUT2D eigenvalue weighted by Crippen LogP contribution is -2.60. The average Bonchev–Trinajstić information content (AvgIpc) is 3.23. The number of hydrogen-bond acceptors (Lipinski definition) is 11. The van der Waals surface area contributed by atoms with Crippen LogP contribution in [-0.4, -0.2) is 102 Å². The van der Waals surface area contributed by atoms with E-state index in [0.717, 1.165) is 14.5 Å². The number of benzene rings is 2. The number of thioether (sulfide) groups is 1. The summed E-state index contributed by atoms with van der Waals surface area (Å²) in [5, 5.41) is 18.1. The molecule has 0 radical (unpaired) electrons. The number of rotatable bonds is 6. The van der Waals surface area contributed by atoms with Gasteiger partial charge in [-0.25, -0.2) is 36.2 Å². The van der Waals surface area contributed by atoms with Crippen LogP contribution in [0.25, 0.3) is 0 Å². The number of hydrogen-bond donors (Lipinski definition) is 4. The molecule has 0 aliphatic carbocycles. The number of amides is 2. The second-order valence-electron chi connectivity index (χ2n) is 12.0. The Morgan fingerprint density at radius 2 is 1.17 bits per heavy atom. The Balaban J connectivity index is 0.000000261. The van der Waals surface area contributed by atoms with Crippen molar-refractivity contribution < 1.29 is 45.3 Å². The fourth-order valence-corrected chi connectivity index (χ4v) is 12.4. The van der Waals surface area contributed by atoms with Crippen molar-refractivity contribution in [2.75, 3.05) is 24.6 Å². The van der Waals surface area contributed by atoms with Crippen LogP contribution in [0.15, 0.2) is 67.3 Å². The number of carbonyl (C=O) groups excluding carboxylic acids is 2. The van der Waals surface area contributed by atoms with E-state index in [1.54, 1.807) is 17.6 Å². The molecule has 4 N–H and O–H groups in total. The van der Waals surface area contributed by atoms with Gasteiger partial charge in [0.15, 0.2) is 9.84 Å². The van der Waals surface area contributed by atoms with Crippen LogP contribution in [0.1, 0.15) is 40.5 Å². The van der Waals surface area contributed by atoms with Crippen LogP contribution in [-0.2, 0) is 39.5 Å². The van der Waals surface area contributed by atoms with E-state index in [-0.39, 0.29) is 35.1 Å². The molecule has 20 heteroatoms. The molecule has 2 fully saturated rings. The van der Waals surface area contributed by atoms with Gasteiger partial charge < -0.3 is 0 Å². The van der Waals surface area contributed by atoms with E-state index < -0.39 is 63.3 Å². The standard InChI is InChI=1S/C14H19BrN2O6S2.C14H19BrN2O4S2/c1-14(2)12(13(18)16-19)17(8-3-9-24(14,20)21)25(22,23)11-6-4-10(15)5-7-11;1-14(2)12(13(18)16-19)17(8-3-9-22-14)23(20,21)11-6-4-10(15)5-7-11/h4-7,12,19H,3,8-9H2,1-2H3,(H,16,18);4-7,12,19H,3,8-9H2,1-2H3,(H,16,18)/t2*12-/m00/s1. The van der Waals surface area contributed by atoms with Crippen LogP contribution in [0.3, 0.4) is 0 Å². The quantitative estimate of drug-likeness (QED) is 0.245. The van der Waals surface area contributed by atoms with E-state index in [1.165, 1.54) is 71.8 Å². The largest absolute Gasteiger partial charge is 0.289 e. The number of carbonyl (C=O) groups is 2. The van der Waals surface area contributed by atoms with Gasteiger partial charge in [-0.2, -0.15) is 20.4 Å². The summed E-state index contributed by atoms with van der Waals surface area (Å²) in [4.78, 5) is 24.5. The predicted molar refractivity (Wildman–Crippen MR) is 187 cm³/mol. The molecule has 0 spiro atoms. The number of hydroxylamine groups is 2. The predicted octanol–water partition coefficient (Wildman–Crippen LogP) is 3.14. The number of sulfonamides is 2. The van der Waals surface area contributed by atoms with Gasteiger partial charge in [-0.3, -0.25) is 20.0 Å². The highest BCUT2D eigenvalue weighted by atomic mass is 79.9. The molecule has 0 unspecified atom stereocenters. The summed E-state index contributed by atoms with van der Waals surface area (Å²) in [6.07, 6.45) is 0.690. The van der Waals surface area contributed by atoms with Crippen molar-refractivity contribution in [2.45, 2.75) is 71.9 Å². The highest BCUT2D eigenvalue weighted by Gasteiger charge is 2.53. The number of sulfone groups is 1. The Labute approximate surface area is 302 Å². The first-order valence-corrected chi connectivity index (χ1v) is 21.5. The summed E-state index contributed by atoms with van der Waals surface area (Å²) in [7, 11) is -11.8. The van der Waals surface area contributed by atoms with E-state index in [2.05, 4.69) is 31.9 Å². The smallest absolute Gasteiger partial charge is 0.263 e. The summed E-state index contributed by atoms with van der Waals surface area (Å²) < 4.78 is 78.3. The summed E-state index contributed by atoms with van der Waals surface area (Å²) in [6, 6.07) is 9.49. The molecule has 4 rings (SSSR count). The van der Waals surface area contributed by atoms with Crippen LogP contribution in [0.5, 0.6) is 0 Å². The van der Waals surface area contributed by atoms with Crippen LogP contribution >= 0.6 is 43.6 Å². The maximum atomic E-state index is 13.0. The molecule has 2 aliphatic heterocycles. The van der Waals surface area contributed by atoms with Gasteiger partial charge in [-0.05, 0) is 94.8 Å². The summed E-state index contributed by atoms with van der Waals surface area (Å²) in [6.45, 7) is 6.28. The fourth-order valence-electron chi connectivity index (χ4n) is 5.45. The number of nitrogens with zero attached hydrogens (tertiary/aromatic N) is 2. The van der Waals surface area contributed by atoms with Crippen molar-refractivity contribution in [2.24, 2.45) is 0 Å². The third-order valence-corrected chi connectivity index (χ3v) is 17.0. The zero-order valence-corrected chi connectivity index (χ0v) is 32.9. The molecule has 2 aromatic carbocycles. The molecule has 2 aromatic rings. The first-order chi connectivity index (χ1) is 22.1. The number of nitrogens with one attached hydrogen (secondary N) is 2. The van der Waals surface area contributed by atoms with Crippen molar-refractivity contribution in [1.29, 1.82) is 0 Å². The molecular weight excluding hydrogens is 840 g/mol. The van der Waals surface area contributed by atoms with Gasteiger partial charge in [-0.1, -0.05) is 31.9 Å². The highest BCUT2D eigenvalue weighted by Crippen LogP contribution is 2.38. The van der Waals surface area contributed by atoms with Crippen LogP contribution < -0.4 is 11.0 Å². The maximum Gasteiger partial charge on any atom is 0.263 e. The molecule has 268 valence electrons. The molecule has 0 bridgehead atoms. The van der Waals surface area contributed by atoms with E-state index in [9.17, 15) is 34.8 Å². The maximum absolute atomic E-state index is 13.0. The van der Waals surface area contributed by atoms with Gasteiger partial charge in [0.1, 0.15) is 12.1 Å². The van der Waals surface area contributed by atoms with Crippen LogP contribution in [0.4, 0.5) is 0 Å². The van der Waals surface area contributed by atoms with Gasteiger partial charge >= 0.3 is 0 Å². The zero-order chi connectivity index (χ0) is 36.3. The molecule has 2 atom stereocenters. The lowest BCUT2D eigenvalue weighted by molar-refractivity contribution is -0.134. The van der Waals surface area contributed by atoms with Gasteiger partial charge in [0, 0.05) is 26.8 Å². The number of halogens is 2. The molecule has 0 aromatic heterocycles. The minimum absolute atomic E-state index is 0.0523. The van der Waals surface area contributed by atoms with Crippen molar-refractivity contribution in [3.05, 3.63) is 57.5 Å². The highest BCUT2D eigenvalue weighted by molar-refractivity contribution is 9.10. The van der Waals surface area contributed by atoms with E-state index in [4.69, 9.17) is 10.4 Å². The lowest BCUT2D eigenvalue weighted by atomic mass is 10.0. The second kappa shape index (κ2) is 15.7. The Bertz CT molecular complexity index is 1810. The summed E-state index contributed by atoms with van der Waals surface area (Å²) in [5.74, 6) is -1.31. The Morgan fingerprint density at radius 1 is 0.771 bits per heavy atom. The van der Waals surface area contributed by atoms with Crippen molar-refractivity contribution in [3.63, 3.8) is 0 Å². The molecular formula is C28H38Br2N4O10S4. The minimum Gasteiger partial charge on any atom is -0.289 e. The van der Waals surface area contributed by atoms with Gasteiger partial charge in [0.2, 0.25) is 20.0 Å². The zero-order valence-electron chi connectivity index (χ0n) is 26.5. The van der Waals surface area contributed by atoms with Crippen molar-refractivity contribution in [1.82, 2.24) is 19.6 Å². The van der Waals surface area contributed by atoms with E-state index in [0.29, 0.717) is 10.9 Å². The molecule has 2 saturated heterocycles. The monoisotopic (exact) mass is 876 g/mol. The molecule has 48 heavy (non-hydrogen) atoms. The fraction of sp³-hybridized carbons (Fsp3) is 0.500. The second-order valence-corrected chi connectivity index (χ2v) is 22.0. The van der Waals surface area contributed by atoms with Gasteiger partial charge in [-0.15, -0.1) is 0 Å². The summed E-state index contributed by atoms with van der Waals surface area (Å²) in [5.41, 5.74) is 3.02. The first-order valence-electron chi connectivity index (χ1n) is 14.4. The first kappa shape index (κ1) is 40.8. The van der Waals surface area contributed by atoms with Crippen LogP contribution in [0, 0.1) is 0 Å². The SMILES string of the molecule is CC1(C)SCCCN(S(=O)(=O)c2ccc(Br)cc2)[C@H]1C(=O)NO.CC1(C)[C@H](C(=O)NO)N(S(=O)(=O)c2ccc(Br)cc2)CCCS1(=O)=O. The van der Waals surface area contributed by atoms with Crippen LogP contribution in [0.2, 0.25) is 0 Å². The normalized spacial score (nSPS) is 23.0. The molecule has 0 saturated carbocycles. The van der Waals surface area contributed by atoms with E-state index in [1.807, 2.05) is 13.8 Å². The lowest BCUT2D eigenvalue weighted by Gasteiger charge is -2.36. The molecule has 2 amide bonds. The Hall–Kier alpha value is -1.62. The van der Waals surface area contributed by atoms with E-state index >= 15 is 0 Å². The van der Waals surface area contributed by atoms with Gasteiger partial charge in [0.25, 0.3) is 11.8 Å². The average molecular weight is 879 g/mol. The minimum atomic E-state index is -4.15. The molecule has 2 heterocycles. The van der Waals surface area contributed by atoms with Crippen molar-refractivity contribution in [3.8, 4) is 0 Å². The molecule has 14 nitrogen and oxygen atoms in total.